The van der Waals surface area contributed by atoms with Gasteiger partial charge in [0.2, 0.25) is 5.91 Å². The molecule has 23 heavy (non-hydrogen) atoms. The quantitative estimate of drug-likeness (QED) is 0.663. The van der Waals surface area contributed by atoms with E-state index in [1.165, 1.54) is 32.1 Å². The highest BCUT2D eigenvalue weighted by atomic mass is 16.5. The Hall–Kier alpha value is -1.14. The van der Waals surface area contributed by atoms with Crippen molar-refractivity contribution >= 4 is 11.9 Å². The van der Waals surface area contributed by atoms with Gasteiger partial charge in [-0.15, -0.1) is 0 Å². The molecule has 1 aliphatic carbocycles. The Bertz CT molecular complexity index is 375. The molecule has 2 fully saturated rings. The highest BCUT2D eigenvalue weighted by Crippen LogP contribution is 2.25. The van der Waals surface area contributed by atoms with Gasteiger partial charge in [0.25, 0.3) is 0 Å². The molecule has 0 aromatic carbocycles. The van der Waals surface area contributed by atoms with E-state index in [2.05, 4.69) is 5.32 Å². The Morgan fingerprint density at radius 3 is 2.43 bits per heavy atom. The van der Waals surface area contributed by atoms with Gasteiger partial charge in [0.15, 0.2) is 0 Å². The zero-order valence-corrected chi connectivity index (χ0v) is 14.0. The highest BCUT2D eigenvalue weighted by molar-refractivity contribution is 5.76. The molecule has 1 aliphatic heterocycles. The minimum Gasteiger partial charge on any atom is -0.480 e. The third-order valence-electron chi connectivity index (χ3n) is 4.87. The van der Waals surface area contributed by atoms with E-state index in [0.29, 0.717) is 25.5 Å². The molecule has 1 saturated carbocycles. The van der Waals surface area contributed by atoms with Crippen LogP contribution < -0.4 is 5.32 Å². The zero-order valence-electron chi connectivity index (χ0n) is 14.0. The van der Waals surface area contributed by atoms with E-state index in [4.69, 9.17) is 9.84 Å². The van der Waals surface area contributed by atoms with Gasteiger partial charge in [-0.05, 0) is 31.6 Å². The van der Waals surface area contributed by atoms with Crippen molar-refractivity contribution in [2.24, 2.45) is 5.92 Å². The maximum atomic E-state index is 11.9. The van der Waals surface area contributed by atoms with Crippen LogP contribution in [0.25, 0.3) is 0 Å². The average Bonchev–Trinajstić information content (AvgIpc) is 2.53. The molecule has 0 aromatic heterocycles. The minimum absolute atomic E-state index is 0.115. The lowest BCUT2D eigenvalue weighted by Crippen LogP contribution is -2.40. The number of likely N-dealkylation sites (tertiary alicyclic amines) is 1. The lowest BCUT2D eigenvalue weighted by molar-refractivity contribution is -0.139. The molecule has 6 heteroatoms. The van der Waals surface area contributed by atoms with Crippen LogP contribution >= 0.6 is 0 Å². The molecule has 0 unspecified atom stereocenters. The van der Waals surface area contributed by atoms with Crippen molar-refractivity contribution in [2.45, 2.75) is 57.5 Å². The summed E-state index contributed by atoms with van der Waals surface area (Å²) in [6.07, 6.45) is 8.81. The molecule has 1 saturated heterocycles. The van der Waals surface area contributed by atoms with E-state index in [-0.39, 0.29) is 18.6 Å². The SMILES string of the molecule is O=C(O)CN1CCC(OCCNC(=O)CC2CCCCC2)CC1. The van der Waals surface area contributed by atoms with Crippen molar-refractivity contribution in [3.05, 3.63) is 0 Å². The summed E-state index contributed by atoms with van der Waals surface area (Å²) < 4.78 is 5.79. The molecular weight excluding hydrogens is 296 g/mol. The Morgan fingerprint density at radius 1 is 1.09 bits per heavy atom. The second-order valence-electron chi connectivity index (χ2n) is 6.80. The molecular formula is C17H30N2O4. The summed E-state index contributed by atoms with van der Waals surface area (Å²) in [5.74, 6) is -0.0509. The van der Waals surface area contributed by atoms with E-state index in [0.717, 1.165) is 25.9 Å². The summed E-state index contributed by atoms with van der Waals surface area (Å²) in [4.78, 5) is 24.5. The molecule has 2 aliphatic rings. The summed E-state index contributed by atoms with van der Waals surface area (Å²) in [6.45, 7) is 2.76. The maximum Gasteiger partial charge on any atom is 0.317 e. The molecule has 6 nitrogen and oxygen atoms in total. The number of aliphatic carboxylic acids is 1. The number of nitrogens with one attached hydrogen (secondary N) is 1. The summed E-state index contributed by atoms with van der Waals surface area (Å²) in [5.41, 5.74) is 0. The molecule has 0 radical (unpaired) electrons. The molecule has 0 spiro atoms. The van der Waals surface area contributed by atoms with E-state index < -0.39 is 5.97 Å². The fraction of sp³-hybridized carbons (Fsp3) is 0.882. The Labute approximate surface area is 138 Å². The topological polar surface area (TPSA) is 78.9 Å². The molecule has 0 bridgehead atoms. The molecule has 2 rings (SSSR count). The van der Waals surface area contributed by atoms with Gasteiger partial charge in [0, 0.05) is 26.1 Å². The first-order valence-electron chi connectivity index (χ1n) is 8.96. The van der Waals surface area contributed by atoms with Gasteiger partial charge >= 0.3 is 5.97 Å². The van der Waals surface area contributed by atoms with Crippen molar-refractivity contribution in [3.63, 3.8) is 0 Å². The largest absolute Gasteiger partial charge is 0.480 e. The number of ether oxygens (including phenoxy) is 1. The van der Waals surface area contributed by atoms with Gasteiger partial charge in [-0.3, -0.25) is 14.5 Å². The standard InChI is InChI=1S/C17H30N2O4/c20-16(12-14-4-2-1-3-5-14)18-8-11-23-15-6-9-19(10-7-15)13-17(21)22/h14-15H,1-13H2,(H,18,20)(H,21,22). The van der Waals surface area contributed by atoms with Gasteiger partial charge in [0.1, 0.15) is 0 Å². The van der Waals surface area contributed by atoms with E-state index in [1.807, 2.05) is 4.90 Å². The van der Waals surface area contributed by atoms with Gasteiger partial charge in [-0.25, -0.2) is 0 Å². The second-order valence-corrected chi connectivity index (χ2v) is 6.80. The number of carbonyl (C=O) groups excluding carboxylic acids is 1. The summed E-state index contributed by atoms with van der Waals surface area (Å²) >= 11 is 0. The molecule has 0 aromatic rings. The first kappa shape index (κ1) is 18.2. The fourth-order valence-corrected chi connectivity index (χ4v) is 3.57. The minimum atomic E-state index is -0.773. The van der Waals surface area contributed by atoms with Gasteiger partial charge in [0.05, 0.1) is 19.3 Å². The number of piperidine rings is 1. The Kier molecular flexibility index (Phi) is 7.82. The Balaban J connectivity index is 1.49. The molecule has 2 N–H and O–H groups in total. The van der Waals surface area contributed by atoms with Crippen LogP contribution in [-0.2, 0) is 14.3 Å². The van der Waals surface area contributed by atoms with Crippen LogP contribution in [0.15, 0.2) is 0 Å². The predicted octanol–water partition coefficient (Wildman–Crippen LogP) is 1.64. The molecule has 132 valence electrons. The van der Waals surface area contributed by atoms with Crippen LogP contribution in [0.1, 0.15) is 51.4 Å². The third kappa shape index (κ3) is 7.31. The number of rotatable bonds is 8. The fourth-order valence-electron chi connectivity index (χ4n) is 3.57. The lowest BCUT2D eigenvalue weighted by atomic mass is 9.87. The van der Waals surface area contributed by atoms with E-state index >= 15 is 0 Å². The number of amides is 1. The lowest BCUT2D eigenvalue weighted by Gasteiger charge is -2.30. The van der Waals surface area contributed by atoms with Crippen molar-refractivity contribution in [1.82, 2.24) is 10.2 Å². The maximum absolute atomic E-state index is 11.9. The van der Waals surface area contributed by atoms with Crippen molar-refractivity contribution in [2.75, 3.05) is 32.8 Å². The van der Waals surface area contributed by atoms with Gasteiger partial charge in [-0.1, -0.05) is 19.3 Å². The number of carboxylic acid groups (broad SMARTS) is 1. The van der Waals surface area contributed by atoms with E-state index in [1.54, 1.807) is 0 Å². The summed E-state index contributed by atoms with van der Waals surface area (Å²) in [5, 5.41) is 11.7. The second kappa shape index (κ2) is 9.88. The number of carboxylic acids is 1. The normalized spacial score (nSPS) is 21.2. The first-order chi connectivity index (χ1) is 11.1. The van der Waals surface area contributed by atoms with Crippen LogP contribution in [0, 0.1) is 5.92 Å². The number of hydrogen-bond acceptors (Lipinski definition) is 4. The van der Waals surface area contributed by atoms with Crippen molar-refractivity contribution in [1.29, 1.82) is 0 Å². The van der Waals surface area contributed by atoms with Gasteiger partial charge in [-0.2, -0.15) is 0 Å². The average molecular weight is 326 g/mol. The van der Waals surface area contributed by atoms with Crippen molar-refractivity contribution < 1.29 is 19.4 Å². The predicted molar refractivity (Wildman–Crippen MR) is 87.3 cm³/mol. The first-order valence-corrected chi connectivity index (χ1v) is 8.96. The molecule has 1 heterocycles. The number of carbonyl (C=O) groups is 2. The van der Waals surface area contributed by atoms with Crippen LogP contribution in [0.5, 0.6) is 0 Å². The third-order valence-corrected chi connectivity index (χ3v) is 4.87. The van der Waals surface area contributed by atoms with Crippen LogP contribution in [0.3, 0.4) is 0 Å². The van der Waals surface area contributed by atoms with Crippen LogP contribution in [0.2, 0.25) is 0 Å². The van der Waals surface area contributed by atoms with Crippen LogP contribution in [0.4, 0.5) is 0 Å². The summed E-state index contributed by atoms with van der Waals surface area (Å²) in [6, 6.07) is 0. The summed E-state index contributed by atoms with van der Waals surface area (Å²) in [7, 11) is 0. The van der Waals surface area contributed by atoms with Gasteiger partial charge < -0.3 is 15.2 Å². The zero-order chi connectivity index (χ0) is 16.5. The monoisotopic (exact) mass is 326 g/mol. The number of hydrogen-bond donors (Lipinski definition) is 2. The number of nitrogens with zero attached hydrogens (tertiary/aromatic N) is 1. The molecule has 1 amide bonds. The van der Waals surface area contributed by atoms with Crippen LogP contribution in [-0.4, -0.2) is 60.8 Å². The Morgan fingerprint density at radius 2 is 1.78 bits per heavy atom. The van der Waals surface area contributed by atoms with E-state index in [9.17, 15) is 9.59 Å². The van der Waals surface area contributed by atoms with Crippen molar-refractivity contribution in [3.8, 4) is 0 Å². The molecule has 0 atom stereocenters. The highest BCUT2D eigenvalue weighted by Gasteiger charge is 2.21. The smallest absolute Gasteiger partial charge is 0.317 e.